The highest BCUT2D eigenvalue weighted by Gasteiger charge is 2.33. The third-order valence-corrected chi connectivity index (χ3v) is 7.27. The van der Waals surface area contributed by atoms with Gasteiger partial charge in [-0.3, -0.25) is 4.79 Å². The third kappa shape index (κ3) is 4.70. The normalized spacial score (nSPS) is 21.9. The van der Waals surface area contributed by atoms with Crippen LogP contribution < -0.4 is 4.90 Å². The number of carbonyl (C=O) groups excluding carboxylic acids is 1. The van der Waals surface area contributed by atoms with Crippen LogP contribution in [0.15, 0.2) is 34.9 Å². The molecular weight excluding hydrogens is 402 g/mol. The topological polar surface area (TPSA) is 58.8 Å². The number of aromatic nitrogens is 1. The first-order chi connectivity index (χ1) is 15.8. The Kier molecular flexibility index (Phi) is 6.77. The molecule has 6 heteroatoms. The van der Waals surface area contributed by atoms with Crippen LogP contribution in [0.3, 0.4) is 0 Å². The van der Waals surface area contributed by atoms with Crippen molar-refractivity contribution in [2.24, 2.45) is 5.92 Å². The van der Waals surface area contributed by atoms with Crippen molar-refractivity contribution in [1.29, 1.82) is 0 Å². The maximum Gasteiger partial charge on any atom is 0.232 e. The number of carbonyl (C=O) groups is 1. The van der Waals surface area contributed by atoms with Crippen LogP contribution in [0.25, 0.3) is 11.3 Å². The predicted molar refractivity (Wildman–Crippen MR) is 124 cm³/mol. The van der Waals surface area contributed by atoms with Gasteiger partial charge < -0.3 is 19.1 Å². The Morgan fingerprint density at radius 1 is 1.00 bits per heavy atom. The Morgan fingerprint density at radius 2 is 1.78 bits per heavy atom. The van der Waals surface area contributed by atoms with Gasteiger partial charge in [0.15, 0.2) is 0 Å². The fraction of sp³-hybridized carbons (Fsp3) is 0.615. The zero-order valence-electron chi connectivity index (χ0n) is 19.0. The average Bonchev–Trinajstić information content (AvgIpc) is 3.61. The molecule has 0 spiro atoms. The van der Waals surface area contributed by atoms with Crippen LogP contribution >= 0.6 is 0 Å². The van der Waals surface area contributed by atoms with Gasteiger partial charge in [-0.15, -0.1) is 0 Å². The van der Waals surface area contributed by atoms with Crippen molar-refractivity contribution >= 4 is 11.8 Å². The highest BCUT2D eigenvalue weighted by Crippen LogP contribution is 2.35. The van der Waals surface area contributed by atoms with Crippen LogP contribution in [0, 0.1) is 5.92 Å². The lowest BCUT2D eigenvalue weighted by atomic mass is 10.0. The van der Waals surface area contributed by atoms with Gasteiger partial charge >= 0.3 is 0 Å². The summed E-state index contributed by atoms with van der Waals surface area (Å²) in [6, 6.07) is 10.2. The van der Waals surface area contributed by atoms with Gasteiger partial charge in [-0.2, -0.15) is 0 Å². The molecule has 2 aromatic rings. The zero-order valence-corrected chi connectivity index (χ0v) is 19.0. The molecule has 1 amide bonds. The van der Waals surface area contributed by atoms with E-state index in [1.165, 1.54) is 19.3 Å². The van der Waals surface area contributed by atoms with Gasteiger partial charge in [0.2, 0.25) is 11.8 Å². The molecule has 32 heavy (non-hydrogen) atoms. The van der Waals surface area contributed by atoms with E-state index in [-0.39, 0.29) is 17.9 Å². The fourth-order valence-electron chi connectivity index (χ4n) is 5.50. The van der Waals surface area contributed by atoms with E-state index in [1.54, 1.807) is 0 Å². The van der Waals surface area contributed by atoms with Gasteiger partial charge in [0, 0.05) is 37.7 Å². The van der Waals surface area contributed by atoms with E-state index in [4.69, 9.17) is 9.26 Å². The van der Waals surface area contributed by atoms with Crippen LogP contribution in [0.5, 0.6) is 0 Å². The van der Waals surface area contributed by atoms with Gasteiger partial charge in [0.25, 0.3) is 0 Å². The summed E-state index contributed by atoms with van der Waals surface area (Å²) in [6.07, 6.45) is 10.2. The van der Waals surface area contributed by atoms with Crippen molar-refractivity contribution in [1.82, 2.24) is 10.1 Å². The number of rotatable bonds is 7. The third-order valence-electron chi connectivity index (χ3n) is 7.27. The molecule has 3 heterocycles. The molecule has 172 valence electrons. The molecule has 0 unspecified atom stereocenters. The summed E-state index contributed by atoms with van der Waals surface area (Å²) in [6.45, 7) is 3.97. The lowest BCUT2D eigenvalue weighted by Crippen LogP contribution is -2.40. The molecule has 0 bridgehead atoms. The van der Waals surface area contributed by atoms with Crippen molar-refractivity contribution in [3.8, 4) is 11.3 Å². The van der Waals surface area contributed by atoms with Crippen molar-refractivity contribution < 1.29 is 14.1 Å². The Balaban J connectivity index is 1.47. The average molecular weight is 438 g/mol. The van der Waals surface area contributed by atoms with Crippen LogP contribution in [-0.4, -0.2) is 48.3 Å². The number of anilines is 1. The standard InChI is InChI=1S/C26H35N3O3/c30-25(21-12-5-6-13-21)29(18-22-14-9-17-31-22)19-23-24(20-10-3-1-4-11-20)27-32-26(23)28-15-7-2-8-16-28/h1,3-4,10-11,21-22H,2,5-9,12-19H2/t22-/m1/s1. The van der Waals surface area contributed by atoms with E-state index in [2.05, 4.69) is 27.1 Å². The molecule has 6 nitrogen and oxygen atoms in total. The van der Waals surface area contributed by atoms with Crippen molar-refractivity contribution in [2.45, 2.75) is 70.4 Å². The van der Waals surface area contributed by atoms with Crippen molar-refractivity contribution in [3.05, 3.63) is 35.9 Å². The summed E-state index contributed by atoms with van der Waals surface area (Å²) in [5, 5.41) is 4.52. The second-order valence-corrected chi connectivity index (χ2v) is 9.56. The van der Waals surface area contributed by atoms with E-state index in [1.807, 2.05) is 18.2 Å². The minimum Gasteiger partial charge on any atom is -0.376 e. The zero-order chi connectivity index (χ0) is 21.8. The first-order valence-electron chi connectivity index (χ1n) is 12.5. The number of ether oxygens (including phenoxy) is 1. The summed E-state index contributed by atoms with van der Waals surface area (Å²) < 4.78 is 11.9. The first kappa shape index (κ1) is 21.5. The number of hydrogen-bond donors (Lipinski definition) is 0. The molecule has 3 fully saturated rings. The summed E-state index contributed by atoms with van der Waals surface area (Å²) in [5.41, 5.74) is 2.95. The Hall–Kier alpha value is -2.34. The molecule has 1 aromatic carbocycles. The SMILES string of the molecule is O=C(C1CCCC1)N(Cc1c(-c2ccccc2)noc1N1CCCCC1)C[C@H]1CCCO1. The van der Waals surface area contributed by atoms with Crippen molar-refractivity contribution in [3.63, 3.8) is 0 Å². The quantitative estimate of drug-likeness (QED) is 0.608. The van der Waals surface area contributed by atoms with Crippen LogP contribution in [-0.2, 0) is 16.1 Å². The van der Waals surface area contributed by atoms with Crippen LogP contribution in [0.1, 0.15) is 63.4 Å². The molecular formula is C26H35N3O3. The minimum atomic E-state index is 0.138. The fourth-order valence-corrected chi connectivity index (χ4v) is 5.50. The predicted octanol–water partition coefficient (Wildman–Crippen LogP) is 5.03. The van der Waals surface area contributed by atoms with Gasteiger partial charge in [-0.25, -0.2) is 0 Å². The first-order valence-corrected chi connectivity index (χ1v) is 12.5. The number of hydrogen-bond acceptors (Lipinski definition) is 5. The van der Waals surface area contributed by atoms with Gasteiger partial charge in [0.1, 0.15) is 5.69 Å². The summed E-state index contributed by atoms with van der Waals surface area (Å²) in [7, 11) is 0. The molecule has 2 saturated heterocycles. The van der Waals surface area contributed by atoms with Gasteiger partial charge in [-0.05, 0) is 44.9 Å². The van der Waals surface area contributed by atoms with E-state index in [0.717, 1.165) is 80.9 Å². The summed E-state index contributed by atoms with van der Waals surface area (Å²) in [4.78, 5) is 18.0. The summed E-state index contributed by atoms with van der Waals surface area (Å²) in [5.74, 6) is 1.28. The Bertz CT molecular complexity index is 879. The highest BCUT2D eigenvalue weighted by atomic mass is 16.5. The van der Waals surface area contributed by atoms with E-state index in [9.17, 15) is 4.79 Å². The molecule has 1 aromatic heterocycles. The van der Waals surface area contributed by atoms with Crippen LogP contribution in [0.4, 0.5) is 5.88 Å². The van der Waals surface area contributed by atoms with Crippen LogP contribution in [0.2, 0.25) is 0 Å². The molecule has 0 N–H and O–H groups in total. The second-order valence-electron chi connectivity index (χ2n) is 9.56. The molecule has 1 aliphatic carbocycles. The number of benzene rings is 1. The minimum absolute atomic E-state index is 0.138. The Labute approximate surface area is 190 Å². The largest absolute Gasteiger partial charge is 0.376 e. The maximum atomic E-state index is 13.6. The molecule has 2 aliphatic heterocycles. The Morgan fingerprint density at radius 3 is 2.50 bits per heavy atom. The van der Waals surface area contributed by atoms with E-state index in [0.29, 0.717) is 13.1 Å². The number of piperidine rings is 1. The lowest BCUT2D eigenvalue weighted by Gasteiger charge is -2.30. The molecule has 1 saturated carbocycles. The maximum absolute atomic E-state index is 13.6. The lowest BCUT2D eigenvalue weighted by molar-refractivity contribution is -0.137. The second kappa shape index (κ2) is 10.1. The number of nitrogens with zero attached hydrogens (tertiary/aromatic N) is 3. The van der Waals surface area contributed by atoms with Crippen molar-refractivity contribution in [2.75, 3.05) is 31.1 Å². The molecule has 5 rings (SSSR count). The highest BCUT2D eigenvalue weighted by molar-refractivity contribution is 5.80. The monoisotopic (exact) mass is 437 g/mol. The molecule has 0 radical (unpaired) electrons. The molecule has 1 atom stereocenters. The number of amides is 1. The van der Waals surface area contributed by atoms with Gasteiger partial charge in [0.05, 0.1) is 18.2 Å². The molecule has 3 aliphatic rings. The van der Waals surface area contributed by atoms with Gasteiger partial charge in [-0.1, -0.05) is 48.3 Å². The smallest absolute Gasteiger partial charge is 0.232 e. The van der Waals surface area contributed by atoms with E-state index >= 15 is 0 Å². The van der Waals surface area contributed by atoms with E-state index < -0.39 is 0 Å². The summed E-state index contributed by atoms with van der Waals surface area (Å²) >= 11 is 0.